The van der Waals surface area contributed by atoms with Gasteiger partial charge in [0.15, 0.2) is 0 Å². The van der Waals surface area contributed by atoms with Crippen molar-refractivity contribution in [1.29, 1.82) is 5.26 Å². The number of imidazole rings is 1. The minimum atomic E-state index is -0.446. The highest BCUT2D eigenvalue weighted by Gasteiger charge is 2.45. The Morgan fingerprint density at radius 2 is 2.26 bits per heavy atom. The normalized spacial score (nSPS) is 18.1. The summed E-state index contributed by atoms with van der Waals surface area (Å²) < 4.78 is 2.10. The average Bonchev–Trinajstić information content (AvgIpc) is 3.22. The summed E-state index contributed by atoms with van der Waals surface area (Å²) in [5, 5.41) is 13.0. The third-order valence-corrected chi connectivity index (χ3v) is 3.91. The van der Waals surface area contributed by atoms with Crippen LogP contribution in [0, 0.1) is 17.2 Å². The first kappa shape index (κ1) is 12.2. The topological polar surface area (TPSA) is 53.6 Å². The molecule has 1 aliphatic carbocycles. The number of hydrogen-bond acceptors (Lipinski definition) is 3. The Balaban J connectivity index is 1.96. The van der Waals surface area contributed by atoms with Crippen LogP contribution in [0.15, 0.2) is 30.6 Å². The molecule has 1 unspecified atom stereocenters. The van der Waals surface area contributed by atoms with Gasteiger partial charge in [0.25, 0.3) is 0 Å². The zero-order chi connectivity index (χ0) is 13.3. The van der Waals surface area contributed by atoms with Crippen molar-refractivity contribution in [3.05, 3.63) is 30.6 Å². The maximum Gasteiger partial charge on any atom is 0.127 e. The van der Waals surface area contributed by atoms with Crippen molar-refractivity contribution in [3.63, 3.8) is 0 Å². The van der Waals surface area contributed by atoms with Gasteiger partial charge in [0.1, 0.15) is 5.54 Å². The Bertz CT molecular complexity index is 620. The van der Waals surface area contributed by atoms with Crippen molar-refractivity contribution >= 4 is 11.0 Å². The molecule has 1 aromatic heterocycles. The number of para-hydroxylation sites is 2. The molecule has 3 rings (SSSR count). The first-order chi connectivity index (χ1) is 9.29. The fourth-order valence-electron chi connectivity index (χ4n) is 2.79. The van der Waals surface area contributed by atoms with Gasteiger partial charge in [-0.1, -0.05) is 19.1 Å². The third kappa shape index (κ3) is 2.11. The van der Waals surface area contributed by atoms with Crippen LogP contribution in [0.25, 0.3) is 11.0 Å². The second kappa shape index (κ2) is 4.67. The summed E-state index contributed by atoms with van der Waals surface area (Å²) in [6, 6.07) is 10.6. The predicted octanol–water partition coefficient (Wildman–Crippen LogP) is 2.32. The molecule has 0 radical (unpaired) electrons. The molecule has 4 nitrogen and oxygen atoms in total. The minimum Gasteiger partial charge on any atom is -0.328 e. The molecular formula is C15H18N4. The van der Waals surface area contributed by atoms with Gasteiger partial charge in [-0.15, -0.1) is 0 Å². The summed E-state index contributed by atoms with van der Waals surface area (Å²) in [5.41, 5.74) is 1.64. The van der Waals surface area contributed by atoms with Crippen LogP contribution in [0.5, 0.6) is 0 Å². The summed E-state index contributed by atoms with van der Waals surface area (Å²) in [6.07, 6.45) is 4.14. The number of benzene rings is 1. The van der Waals surface area contributed by atoms with E-state index < -0.39 is 5.54 Å². The van der Waals surface area contributed by atoms with Crippen molar-refractivity contribution in [2.75, 3.05) is 6.54 Å². The lowest BCUT2D eigenvalue weighted by molar-refractivity contribution is 0.328. The van der Waals surface area contributed by atoms with Crippen molar-refractivity contribution in [2.45, 2.75) is 31.8 Å². The lowest BCUT2D eigenvalue weighted by Gasteiger charge is -2.28. The van der Waals surface area contributed by atoms with Gasteiger partial charge < -0.3 is 4.57 Å². The first-order valence-electron chi connectivity index (χ1n) is 6.85. The van der Waals surface area contributed by atoms with Crippen LogP contribution >= 0.6 is 0 Å². The maximum absolute atomic E-state index is 9.64. The molecule has 1 aliphatic rings. The Hall–Kier alpha value is -1.86. The molecule has 4 heteroatoms. The minimum absolute atomic E-state index is 0.446. The number of aromatic nitrogens is 2. The molecule has 1 atom stereocenters. The van der Waals surface area contributed by atoms with Crippen molar-refractivity contribution in [1.82, 2.24) is 14.9 Å². The van der Waals surface area contributed by atoms with E-state index in [0.717, 1.165) is 30.4 Å². The number of fused-ring (bicyclic) bond motifs is 1. The van der Waals surface area contributed by atoms with Gasteiger partial charge in [-0.25, -0.2) is 4.98 Å². The molecule has 19 heavy (non-hydrogen) atoms. The van der Waals surface area contributed by atoms with Crippen LogP contribution < -0.4 is 5.32 Å². The monoisotopic (exact) mass is 254 g/mol. The Labute approximate surface area is 113 Å². The van der Waals surface area contributed by atoms with Crippen LogP contribution in [0.4, 0.5) is 0 Å². The van der Waals surface area contributed by atoms with Gasteiger partial charge in [0.2, 0.25) is 0 Å². The van der Waals surface area contributed by atoms with Gasteiger partial charge >= 0.3 is 0 Å². The number of rotatable bonds is 5. The van der Waals surface area contributed by atoms with Crippen LogP contribution in [0.2, 0.25) is 0 Å². The summed E-state index contributed by atoms with van der Waals surface area (Å²) >= 11 is 0. The highest BCUT2D eigenvalue weighted by atomic mass is 15.1. The Morgan fingerprint density at radius 1 is 1.47 bits per heavy atom. The zero-order valence-corrected chi connectivity index (χ0v) is 11.1. The number of nitriles is 1. The van der Waals surface area contributed by atoms with Crippen molar-refractivity contribution < 1.29 is 0 Å². The molecule has 0 aliphatic heterocycles. The number of likely N-dealkylation sites (N-methyl/N-ethyl adjacent to an activating group) is 1. The van der Waals surface area contributed by atoms with E-state index in [2.05, 4.69) is 33.9 Å². The molecular weight excluding hydrogens is 236 g/mol. The molecule has 98 valence electrons. The van der Waals surface area contributed by atoms with Crippen LogP contribution in [-0.2, 0) is 6.54 Å². The highest BCUT2D eigenvalue weighted by Crippen LogP contribution is 2.40. The fraction of sp³-hybridized carbons (Fsp3) is 0.467. The van der Waals surface area contributed by atoms with E-state index in [1.807, 2.05) is 24.5 Å². The smallest absolute Gasteiger partial charge is 0.127 e. The lowest BCUT2D eigenvalue weighted by atomic mass is 9.94. The second-order valence-electron chi connectivity index (χ2n) is 5.25. The first-order valence-corrected chi connectivity index (χ1v) is 6.85. The lowest BCUT2D eigenvalue weighted by Crippen LogP contribution is -2.49. The summed E-state index contributed by atoms with van der Waals surface area (Å²) in [5.74, 6) is 0.471. The van der Waals surface area contributed by atoms with Gasteiger partial charge in [0, 0.05) is 0 Å². The molecule has 0 saturated heterocycles. The standard InChI is InChI=1S/C15H18N4/c1-2-18-15(9-16,12-7-8-12)10-19-11-17-13-5-3-4-6-14(13)19/h3-6,11-12,18H,2,7-8,10H2,1H3. The molecule has 0 bridgehead atoms. The summed E-state index contributed by atoms with van der Waals surface area (Å²) in [7, 11) is 0. The SMILES string of the molecule is CCNC(C#N)(Cn1cnc2ccccc21)C1CC1. The van der Waals surface area contributed by atoms with E-state index in [4.69, 9.17) is 0 Å². The van der Waals surface area contributed by atoms with E-state index in [1.54, 1.807) is 0 Å². The van der Waals surface area contributed by atoms with Crippen molar-refractivity contribution in [2.24, 2.45) is 5.92 Å². The molecule has 0 spiro atoms. The fourth-order valence-corrected chi connectivity index (χ4v) is 2.79. The van der Waals surface area contributed by atoms with Crippen molar-refractivity contribution in [3.8, 4) is 6.07 Å². The molecule has 1 N–H and O–H groups in total. The molecule has 0 amide bonds. The largest absolute Gasteiger partial charge is 0.328 e. The number of nitrogens with zero attached hydrogens (tertiary/aromatic N) is 3. The van der Waals surface area contributed by atoms with E-state index in [1.165, 1.54) is 0 Å². The van der Waals surface area contributed by atoms with Gasteiger partial charge in [0.05, 0.1) is 30.0 Å². The van der Waals surface area contributed by atoms with E-state index in [0.29, 0.717) is 12.5 Å². The third-order valence-electron chi connectivity index (χ3n) is 3.91. The van der Waals surface area contributed by atoms with Gasteiger partial charge in [-0.2, -0.15) is 5.26 Å². The second-order valence-corrected chi connectivity index (χ2v) is 5.25. The zero-order valence-electron chi connectivity index (χ0n) is 11.1. The molecule has 2 aromatic rings. The van der Waals surface area contributed by atoms with Gasteiger partial charge in [-0.05, 0) is 37.4 Å². The van der Waals surface area contributed by atoms with E-state index in [-0.39, 0.29) is 0 Å². The van der Waals surface area contributed by atoms with Crippen LogP contribution in [0.1, 0.15) is 19.8 Å². The number of hydrogen-bond donors (Lipinski definition) is 1. The Morgan fingerprint density at radius 3 is 2.95 bits per heavy atom. The summed E-state index contributed by atoms with van der Waals surface area (Å²) in [6.45, 7) is 3.54. The van der Waals surface area contributed by atoms with E-state index in [9.17, 15) is 5.26 Å². The Kier molecular flexibility index (Phi) is 3.00. The van der Waals surface area contributed by atoms with E-state index >= 15 is 0 Å². The average molecular weight is 254 g/mol. The molecule has 1 saturated carbocycles. The van der Waals surface area contributed by atoms with Gasteiger partial charge in [-0.3, -0.25) is 5.32 Å². The summed E-state index contributed by atoms with van der Waals surface area (Å²) in [4.78, 5) is 4.40. The molecule has 1 aromatic carbocycles. The molecule has 1 fully saturated rings. The molecule has 1 heterocycles. The van der Waals surface area contributed by atoms with Crippen LogP contribution in [-0.4, -0.2) is 21.6 Å². The maximum atomic E-state index is 9.64. The van der Waals surface area contributed by atoms with Crippen LogP contribution in [0.3, 0.4) is 0 Å². The quantitative estimate of drug-likeness (QED) is 0.891. The highest BCUT2D eigenvalue weighted by molar-refractivity contribution is 5.75. The predicted molar refractivity (Wildman–Crippen MR) is 74.5 cm³/mol. The number of nitrogens with one attached hydrogen (secondary N) is 1.